The zero-order valence-corrected chi connectivity index (χ0v) is 17.8. The van der Waals surface area contributed by atoms with E-state index in [1.165, 1.54) is 5.56 Å². The zero-order valence-electron chi connectivity index (χ0n) is 17.0. The number of aromatic nitrogens is 2. The molecule has 0 saturated carbocycles. The molecule has 1 aromatic heterocycles. The lowest BCUT2D eigenvalue weighted by molar-refractivity contribution is -0.117. The summed E-state index contributed by atoms with van der Waals surface area (Å²) < 4.78 is 25.3. The second-order valence-corrected chi connectivity index (χ2v) is 10.5. The van der Waals surface area contributed by atoms with Crippen LogP contribution in [-0.2, 0) is 21.1 Å². The van der Waals surface area contributed by atoms with Gasteiger partial charge in [0, 0.05) is 6.07 Å². The molecule has 0 aliphatic carbocycles. The number of benzene rings is 1. The van der Waals surface area contributed by atoms with Crippen molar-refractivity contribution >= 4 is 21.6 Å². The Kier molecular flexibility index (Phi) is 5.93. The minimum Gasteiger partial charge on any atom is -0.310 e. The number of carbonyl (C=O) groups is 1. The van der Waals surface area contributed by atoms with E-state index in [1.807, 2.05) is 26.0 Å². The Morgan fingerprint density at radius 2 is 1.93 bits per heavy atom. The van der Waals surface area contributed by atoms with E-state index in [-0.39, 0.29) is 29.4 Å². The van der Waals surface area contributed by atoms with Crippen molar-refractivity contribution in [1.29, 1.82) is 0 Å². The number of sulfone groups is 1. The molecule has 3 rings (SSSR count). The number of aryl methyl sites for hydroxylation is 1. The fraction of sp³-hybridized carbons (Fsp3) is 0.524. The molecule has 2 heterocycles. The molecule has 1 N–H and O–H groups in total. The largest absolute Gasteiger partial charge is 0.310 e. The second kappa shape index (κ2) is 8.07. The number of nitrogens with zero attached hydrogens (tertiary/aromatic N) is 2. The number of nitrogens with one attached hydrogen (secondary N) is 1. The summed E-state index contributed by atoms with van der Waals surface area (Å²) in [6.45, 7) is 8.09. The van der Waals surface area contributed by atoms with E-state index in [9.17, 15) is 13.2 Å². The summed E-state index contributed by atoms with van der Waals surface area (Å²) in [6, 6.07) is 9.75. The third-order valence-corrected chi connectivity index (χ3v) is 6.93. The molecular weight excluding hydrogens is 374 g/mol. The van der Waals surface area contributed by atoms with Crippen LogP contribution in [0.5, 0.6) is 0 Å². The Morgan fingerprint density at radius 1 is 1.25 bits per heavy atom. The maximum atomic E-state index is 12.8. The van der Waals surface area contributed by atoms with Gasteiger partial charge in [-0.1, -0.05) is 38.1 Å². The van der Waals surface area contributed by atoms with Gasteiger partial charge >= 0.3 is 0 Å². The predicted molar refractivity (Wildman–Crippen MR) is 111 cm³/mol. The molecular formula is C21H29N3O3S. The second-order valence-electron chi connectivity index (χ2n) is 8.22. The number of amides is 1. The van der Waals surface area contributed by atoms with Crippen molar-refractivity contribution in [2.24, 2.45) is 5.92 Å². The van der Waals surface area contributed by atoms with Crippen LogP contribution in [0.2, 0.25) is 0 Å². The van der Waals surface area contributed by atoms with Gasteiger partial charge < -0.3 is 5.32 Å². The molecule has 1 aromatic carbocycles. The third kappa shape index (κ3) is 4.82. The Morgan fingerprint density at radius 3 is 2.50 bits per heavy atom. The van der Waals surface area contributed by atoms with Crippen molar-refractivity contribution in [3.05, 3.63) is 47.2 Å². The molecule has 0 radical (unpaired) electrons. The maximum Gasteiger partial charge on any atom is 0.232 e. The molecule has 7 heteroatoms. The van der Waals surface area contributed by atoms with Crippen LogP contribution in [0, 0.1) is 12.8 Å². The molecule has 2 atom stereocenters. The van der Waals surface area contributed by atoms with E-state index in [1.54, 1.807) is 10.7 Å². The van der Waals surface area contributed by atoms with E-state index < -0.39 is 9.84 Å². The van der Waals surface area contributed by atoms with E-state index in [4.69, 9.17) is 0 Å². The lowest BCUT2D eigenvalue weighted by Crippen LogP contribution is -2.23. The minimum atomic E-state index is -3.03. The van der Waals surface area contributed by atoms with Gasteiger partial charge in [-0.05, 0) is 43.7 Å². The topological polar surface area (TPSA) is 81.1 Å². The molecule has 1 fully saturated rings. The van der Waals surface area contributed by atoms with Gasteiger partial charge in [-0.25, -0.2) is 13.1 Å². The van der Waals surface area contributed by atoms with E-state index in [2.05, 4.69) is 36.4 Å². The van der Waals surface area contributed by atoms with E-state index >= 15 is 0 Å². The zero-order chi connectivity index (χ0) is 20.5. The molecule has 6 nitrogen and oxygen atoms in total. The number of rotatable bonds is 6. The van der Waals surface area contributed by atoms with Gasteiger partial charge in [0.15, 0.2) is 9.84 Å². The Labute approximate surface area is 167 Å². The summed E-state index contributed by atoms with van der Waals surface area (Å²) in [7, 11) is -3.03. The highest BCUT2D eigenvalue weighted by Crippen LogP contribution is 2.28. The van der Waals surface area contributed by atoms with Crippen molar-refractivity contribution in [1.82, 2.24) is 9.78 Å². The number of hydrogen-bond acceptors (Lipinski definition) is 4. The first-order valence-electron chi connectivity index (χ1n) is 9.81. The molecule has 152 valence electrons. The van der Waals surface area contributed by atoms with Crippen LogP contribution in [0.25, 0.3) is 0 Å². The summed E-state index contributed by atoms with van der Waals surface area (Å²) >= 11 is 0. The van der Waals surface area contributed by atoms with Crippen molar-refractivity contribution in [3.8, 4) is 0 Å². The van der Waals surface area contributed by atoms with Crippen LogP contribution < -0.4 is 5.32 Å². The Balaban J connectivity index is 1.72. The summed E-state index contributed by atoms with van der Waals surface area (Å²) in [5.41, 5.74) is 2.98. The lowest BCUT2D eigenvalue weighted by Gasteiger charge is -2.17. The van der Waals surface area contributed by atoms with Crippen molar-refractivity contribution in [3.63, 3.8) is 0 Å². The van der Waals surface area contributed by atoms with Gasteiger partial charge in [-0.3, -0.25) is 4.79 Å². The minimum absolute atomic E-state index is 0.0733. The fourth-order valence-electron chi connectivity index (χ4n) is 3.66. The molecule has 0 unspecified atom stereocenters. The van der Waals surface area contributed by atoms with Gasteiger partial charge in [0.25, 0.3) is 0 Å². The molecule has 0 spiro atoms. The molecule has 1 aliphatic heterocycles. The summed E-state index contributed by atoms with van der Waals surface area (Å²) in [4.78, 5) is 12.8. The summed E-state index contributed by atoms with van der Waals surface area (Å²) in [5, 5.41) is 7.37. The standard InChI is InChI=1S/C21H29N3O3S/c1-14(2)11-17-5-7-18(8-6-17)16(4)21(25)22-20-12-15(3)23-24(20)19-9-10-28(26,27)13-19/h5-8,12,14,16,19H,9-11,13H2,1-4H3,(H,22,25)/t16-,19+/m1/s1. The van der Waals surface area contributed by atoms with Crippen LogP contribution in [-0.4, -0.2) is 35.6 Å². The molecule has 1 saturated heterocycles. The normalized spacial score (nSPS) is 19.7. The average Bonchev–Trinajstić information content (AvgIpc) is 3.16. The summed E-state index contributed by atoms with van der Waals surface area (Å²) in [5.74, 6) is 0.956. The Bertz CT molecular complexity index is 946. The van der Waals surface area contributed by atoms with Gasteiger partial charge in [0.1, 0.15) is 5.82 Å². The first kappa shape index (κ1) is 20.6. The quantitative estimate of drug-likeness (QED) is 0.800. The fourth-order valence-corrected chi connectivity index (χ4v) is 5.35. The van der Waals surface area contributed by atoms with Gasteiger partial charge in [0.2, 0.25) is 5.91 Å². The number of anilines is 1. The lowest BCUT2D eigenvalue weighted by atomic mass is 9.96. The molecule has 1 aliphatic rings. The van der Waals surface area contributed by atoms with Gasteiger partial charge in [-0.2, -0.15) is 5.10 Å². The van der Waals surface area contributed by atoms with Crippen LogP contribution in [0.15, 0.2) is 30.3 Å². The number of hydrogen-bond donors (Lipinski definition) is 1. The van der Waals surface area contributed by atoms with Crippen molar-refractivity contribution in [2.75, 3.05) is 16.8 Å². The highest BCUT2D eigenvalue weighted by molar-refractivity contribution is 7.91. The average molecular weight is 404 g/mol. The van der Waals surface area contributed by atoms with Crippen LogP contribution in [0.4, 0.5) is 5.82 Å². The van der Waals surface area contributed by atoms with Crippen molar-refractivity contribution in [2.45, 2.75) is 52.5 Å². The first-order valence-corrected chi connectivity index (χ1v) is 11.6. The van der Waals surface area contributed by atoms with Gasteiger partial charge in [-0.15, -0.1) is 0 Å². The van der Waals surface area contributed by atoms with Crippen LogP contribution in [0.3, 0.4) is 0 Å². The van der Waals surface area contributed by atoms with E-state index in [0.717, 1.165) is 17.7 Å². The summed E-state index contributed by atoms with van der Waals surface area (Å²) in [6.07, 6.45) is 1.54. The van der Waals surface area contributed by atoms with Crippen molar-refractivity contribution < 1.29 is 13.2 Å². The SMILES string of the molecule is Cc1cc(NC(=O)[C@H](C)c2ccc(CC(C)C)cc2)n([C@H]2CCS(=O)(=O)C2)n1. The Hall–Kier alpha value is -2.15. The molecule has 2 aromatic rings. The first-order chi connectivity index (χ1) is 13.1. The third-order valence-electron chi connectivity index (χ3n) is 5.18. The predicted octanol–water partition coefficient (Wildman–Crippen LogP) is 3.49. The van der Waals surface area contributed by atoms with E-state index in [0.29, 0.717) is 18.2 Å². The molecule has 28 heavy (non-hydrogen) atoms. The van der Waals surface area contributed by atoms with Crippen LogP contribution in [0.1, 0.15) is 56.0 Å². The molecule has 0 bridgehead atoms. The smallest absolute Gasteiger partial charge is 0.232 e. The monoisotopic (exact) mass is 403 g/mol. The van der Waals surface area contributed by atoms with Gasteiger partial charge in [0.05, 0.1) is 29.2 Å². The maximum absolute atomic E-state index is 12.8. The highest BCUT2D eigenvalue weighted by Gasteiger charge is 2.31. The van der Waals surface area contributed by atoms with Crippen LogP contribution >= 0.6 is 0 Å². The highest BCUT2D eigenvalue weighted by atomic mass is 32.2. The molecule has 1 amide bonds. The number of carbonyl (C=O) groups excluding carboxylic acids is 1.